The zero-order valence-electron chi connectivity index (χ0n) is 14.3. The lowest BCUT2D eigenvalue weighted by Crippen LogP contribution is -2.46. The summed E-state index contributed by atoms with van der Waals surface area (Å²) in [6.07, 6.45) is 1.09. The van der Waals surface area contributed by atoms with Gasteiger partial charge in [0, 0.05) is 19.1 Å². The molecule has 0 unspecified atom stereocenters. The Morgan fingerprint density at radius 1 is 1.21 bits per heavy atom. The van der Waals surface area contributed by atoms with Crippen LogP contribution < -0.4 is 14.8 Å². The van der Waals surface area contributed by atoms with E-state index in [1.165, 1.54) is 14.2 Å². The van der Waals surface area contributed by atoms with E-state index in [-0.39, 0.29) is 18.0 Å². The maximum atomic E-state index is 12.5. The maximum Gasteiger partial charge on any atom is 0.409 e. The summed E-state index contributed by atoms with van der Waals surface area (Å²) in [7, 11) is 3.04. The van der Waals surface area contributed by atoms with Crippen molar-refractivity contribution in [1.29, 1.82) is 0 Å². The zero-order chi connectivity index (χ0) is 17.5. The molecular formula is C17H24N2O5. The first-order valence-electron chi connectivity index (χ1n) is 8.04. The molecule has 0 aromatic heterocycles. The fourth-order valence-corrected chi connectivity index (χ4v) is 2.75. The molecule has 2 rings (SSSR count). The van der Waals surface area contributed by atoms with Crippen molar-refractivity contribution in [3.8, 4) is 11.5 Å². The molecule has 1 aliphatic rings. The highest BCUT2D eigenvalue weighted by Gasteiger charge is 2.26. The van der Waals surface area contributed by atoms with E-state index in [2.05, 4.69) is 5.32 Å². The molecule has 132 valence electrons. The second kappa shape index (κ2) is 8.42. The van der Waals surface area contributed by atoms with Gasteiger partial charge in [0.2, 0.25) is 0 Å². The van der Waals surface area contributed by atoms with E-state index in [0.29, 0.717) is 49.6 Å². The number of carbonyl (C=O) groups excluding carboxylic acids is 2. The van der Waals surface area contributed by atoms with Crippen molar-refractivity contribution in [3.05, 3.63) is 23.8 Å². The van der Waals surface area contributed by atoms with Crippen molar-refractivity contribution >= 4 is 12.0 Å². The molecule has 0 atom stereocenters. The summed E-state index contributed by atoms with van der Waals surface area (Å²) < 4.78 is 15.5. The van der Waals surface area contributed by atoms with Crippen LogP contribution in [0.1, 0.15) is 30.1 Å². The SMILES string of the molecule is CCOC(=O)N1CCC(NC(=O)c2cccc(OC)c2OC)CC1. The van der Waals surface area contributed by atoms with Crippen LogP contribution in [0.5, 0.6) is 11.5 Å². The van der Waals surface area contributed by atoms with Gasteiger partial charge in [-0.25, -0.2) is 4.79 Å². The number of amides is 2. The van der Waals surface area contributed by atoms with Gasteiger partial charge in [-0.1, -0.05) is 6.07 Å². The Morgan fingerprint density at radius 2 is 1.92 bits per heavy atom. The van der Waals surface area contributed by atoms with Crippen molar-refractivity contribution in [2.24, 2.45) is 0 Å². The van der Waals surface area contributed by atoms with Gasteiger partial charge in [0.1, 0.15) is 0 Å². The third-order valence-electron chi connectivity index (χ3n) is 4.00. The number of nitrogens with zero attached hydrogens (tertiary/aromatic N) is 1. The number of methoxy groups -OCH3 is 2. The molecule has 1 heterocycles. The van der Waals surface area contributed by atoms with Crippen molar-refractivity contribution in [2.45, 2.75) is 25.8 Å². The van der Waals surface area contributed by atoms with Crippen LogP contribution in [-0.4, -0.2) is 56.9 Å². The smallest absolute Gasteiger partial charge is 0.409 e. The Bertz CT molecular complexity index is 582. The van der Waals surface area contributed by atoms with E-state index in [4.69, 9.17) is 14.2 Å². The molecule has 7 heteroatoms. The molecule has 0 aliphatic carbocycles. The quantitative estimate of drug-likeness (QED) is 0.890. The predicted octanol–water partition coefficient (Wildman–Crippen LogP) is 2.05. The van der Waals surface area contributed by atoms with E-state index in [1.807, 2.05) is 0 Å². The van der Waals surface area contributed by atoms with E-state index in [0.717, 1.165) is 0 Å². The number of hydrogen-bond acceptors (Lipinski definition) is 5. The molecule has 0 bridgehead atoms. The van der Waals surface area contributed by atoms with Crippen LogP contribution in [0.3, 0.4) is 0 Å². The van der Waals surface area contributed by atoms with Gasteiger partial charge in [-0.3, -0.25) is 4.79 Å². The molecule has 0 saturated carbocycles. The monoisotopic (exact) mass is 336 g/mol. The Hall–Kier alpha value is -2.44. The van der Waals surface area contributed by atoms with Crippen LogP contribution in [-0.2, 0) is 4.74 Å². The average Bonchev–Trinajstić information content (AvgIpc) is 2.61. The van der Waals surface area contributed by atoms with E-state index >= 15 is 0 Å². The van der Waals surface area contributed by atoms with Gasteiger partial charge in [0.15, 0.2) is 11.5 Å². The average molecular weight is 336 g/mol. The highest BCUT2D eigenvalue weighted by atomic mass is 16.6. The number of carbonyl (C=O) groups is 2. The third kappa shape index (κ3) is 4.10. The van der Waals surface area contributed by atoms with E-state index in [1.54, 1.807) is 30.0 Å². The summed E-state index contributed by atoms with van der Waals surface area (Å²) >= 11 is 0. The van der Waals surface area contributed by atoms with Gasteiger partial charge < -0.3 is 24.4 Å². The molecule has 1 saturated heterocycles. The highest BCUT2D eigenvalue weighted by molar-refractivity contribution is 5.98. The minimum absolute atomic E-state index is 0.0130. The van der Waals surface area contributed by atoms with Crippen molar-refractivity contribution in [2.75, 3.05) is 33.9 Å². The summed E-state index contributed by atoms with van der Waals surface area (Å²) in [6, 6.07) is 5.21. The summed E-state index contributed by atoms with van der Waals surface area (Å²) in [4.78, 5) is 25.9. The molecule has 0 radical (unpaired) electrons. The maximum absolute atomic E-state index is 12.5. The van der Waals surface area contributed by atoms with Crippen molar-refractivity contribution in [1.82, 2.24) is 10.2 Å². The minimum atomic E-state index is -0.295. The summed E-state index contributed by atoms with van der Waals surface area (Å²) in [5, 5.41) is 3.00. The van der Waals surface area contributed by atoms with Gasteiger partial charge >= 0.3 is 6.09 Å². The lowest BCUT2D eigenvalue weighted by atomic mass is 10.0. The zero-order valence-corrected chi connectivity index (χ0v) is 14.3. The predicted molar refractivity (Wildman–Crippen MR) is 88.6 cm³/mol. The number of rotatable bonds is 5. The van der Waals surface area contributed by atoms with Gasteiger partial charge in [-0.2, -0.15) is 0 Å². The molecule has 1 aromatic carbocycles. The van der Waals surface area contributed by atoms with Gasteiger partial charge in [0.25, 0.3) is 5.91 Å². The number of hydrogen-bond donors (Lipinski definition) is 1. The van der Waals surface area contributed by atoms with Gasteiger partial charge in [-0.05, 0) is 31.9 Å². The molecule has 1 fully saturated rings. The second-order valence-electron chi connectivity index (χ2n) is 5.47. The Labute approximate surface area is 141 Å². The normalized spacial score (nSPS) is 14.9. The number of ether oxygens (including phenoxy) is 3. The molecule has 2 amide bonds. The largest absolute Gasteiger partial charge is 0.493 e. The van der Waals surface area contributed by atoms with Crippen LogP contribution in [0.4, 0.5) is 4.79 Å². The lowest BCUT2D eigenvalue weighted by Gasteiger charge is -2.31. The Balaban J connectivity index is 1.96. The van der Waals surface area contributed by atoms with E-state index in [9.17, 15) is 9.59 Å². The summed E-state index contributed by atoms with van der Waals surface area (Å²) in [5.74, 6) is 0.726. The van der Waals surface area contributed by atoms with Crippen LogP contribution in [0.25, 0.3) is 0 Å². The van der Waals surface area contributed by atoms with Crippen LogP contribution in [0.15, 0.2) is 18.2 Å². The summed E-state index contributed by atoms with van der Waals surface area (Å²) in [5.41, 5.74) is 0.435. The Kier molecular flexibility index (Phi) is 6.28. The topological polar surface area (TPSA) is 77.1 Å². The molecule has 1 N–H and O–H groups in total. The van der Waals surface area contributed by atoms with Crippen LogP contribution in [0, 0.1) is 0 Å². The fourth-order valence-electron chi connectivity index (χ4n) is 2.75. The van der Waals surface area contributed by atoms with Gasteiger partial charge in [0.05, 0.1) is 26.4 Å². The van der Waals surface area contributed by atoms with Gasteiger partial charge in [-0.15, -0.1) is 0 Å². The first-order valence-corrected chi connectivity index (χ1v) is 8.04. The Morgan fingerprint density at radius 3 is 2.50 bits per heavy atom. The number of nitrogens with one attached hydrogen (secondary N) is 1. The minimum Gasteiger partial charge on any atom is -0.493 e. The second-order valence-corrected chi connectivity index (χ2v) is 5.47. The summed E-state index contributed by atoms with van der Waals surface area (Å²) in [6.45, 7) is 3.29. The number of likely N-dealkylation sites (tertiary alicyclic amines) is 1. The number of piperidine rings is 1. The number of para-hydroxylation sites is 1. The molecule has 24 heavy (non-hydrogen) atoms. The first-order chi connectivity index (χ1) is 11.6. The highest BCUT2D eigenvalue weighted by Crippen LogP contribution is 2.30. The number of benzene rings is 1. The third-order valence-corrected chi connectivity index (χ3v) is 4.00. The van der Waals surface area contributed by atoms with E-state index < -0.39 is 0 Å². The molecule has 1 aromatic rings. The standard InChI is InChI=1S/C17H24N2O5/c1-4-24-17(21)19-10-8-12(9-11-19)18-16(20)13-6-5-7-14(22-2)15(13)23-3/h5-7,12H,4,8-11H2,1-3H3,(H,18,20). The molecular weight excluding hydrogens is 312 g/mol. The molecule has 7 nitrogen and oxygen atoms in total. The molecule has 0 spiro atoms. The van der Waals surface area contributed by atoms with Crippen LogP contribution in [0.2, 0.25) is 0 Å². The van der Waals surface area contributed by atoms with Crippen LogP contribution >= 0.6 is 0 Å². The van der Waals surface area contributed by atoms with Crippen molar-refractivity contribution < 1.29 is 23.8 Å². The van der Waals surface area contributed by atoms with Crippen molar-refractivity contribution in [3.63, 3.8) is 0 Å². The first kappa shape index (κ1) is 17.9. The molecule has 1 aliphatic heterocycles. The lowest BCUT2D eigenvalue weighted by molar-refractivity contribution is 0.0857. The fraction of sp³-hybridized carbons (Fsp3) is 0.529.